The summed E-state index contributed by atoms with van der Waals surface area (Å²) in [6, 6.07) is 0. The summed E-state index contributed by atoms with van der Waals surface area (Å²) >= 11 is 0. The zero-order valence-corrected chi connectivity index (χ0v) is 12.9. The molecule has 1 fully saturated rings. The minimum atomic E-state index is 0.358. The van der Waals surface area contributed by atoms with Gasteiger partial charge in [-0.1, -0.05) is 24.5 Å². The number of hydrogen-bond acceptors (Lipinski definition) is 1. The molecule has 0 heterocycles. The van der Waals surface area contributed by atoms with Crippen LogP contribution in [0.5, 0.6) is 0 Å². The van der Waals surface area contributed by atoms with E-state index >= 15 is 0 Å². The Kier molecular flexibility index (Phi) is 4.44. The van der Waals surface area contributed by atoms with Gasteiger partial charge < -0.3 is 0 Å². The standard InChI is InChI=1S/C18H26O/c1-5-7-12(2)18(13(3)15-10-11-15)16-8-6-9-17(19)14(16)4/h5-11H2,1-4H3/b18-12-. The summed E-state index contributed by atoms with van der Waals surface area (Å²) in [4.78, 5) is 12.0. The Bertz CT molecular complexity index is 480. The van der Waals surface area contributed by atoms with Gasteiger partial charge in [-0.3, -0.25) is 4.79 Å². The first-order valence-corrected chi connectivity index (χ1v) is 7.68. The SMILES string of the molecule is CCC/C(C)=C(/C(C)=C1CC1)C1=C(C)C(=O)CCC1. The molecule has 1 nitrogen and oxygen atoms in total. The first-order chi connectivity index (χ1) is 9.06. The highest BCUT2D eigenvalue weighted by atomic mass is 16.1. The van der Waals surface area contributed by atoms with Crippen LogP contribution in [0.2, 0.25) is 0 Å². The highest BCUT2D eigenvalue weighted by Gasteiger charge is 2.25. The molecule has 104 valence electrons. The highest BCUT2D eigenvalue weighted by molar-refractivity contribution is 5.97. The molecule has 0 radical (unpaired) electrons. The van der Waals surface area contributed by atoms with Crippen molar-refractivity contribution < 1.29 is 4.79 Å². The molecule has 0 aliphatic heterocycles. The van der Waals surface area contributed by atoms with Crippen LogP contribution in [0.1, 0.15) is 72.6 Å². The molecule has 1 saturated carbocycles. The molecule has 0 atom stereocenters. The van der Waals surface area contributed by atoms with Gasteiger partial charge >= 0.3 is 0 Å². The van der Waals surface area contributed by atoms with Gasteiger partial charge in [0.1, 0.15) is 0 Å². The Morgan fingerprint density at radius 1 is 1.11 bits per heavy atom. The van der Waals surface area contributed by atoms with Crippen LogP contribution in [0.15, 0.2) is 33.4 Å². The highest BCUT2D eigenvalue weighted by Crippen LogP contribution is 2.41. The van der Waals surface area contributed by atoms with E-state index in [9.17, 15) is 4.79 Å². The van der Waals surface area contributed by atoms with E-state index in [-0.39, 0.29) is 0 Å². The van der Waals surface area contributed by atoms with Crippen LogP contribution in [0.4, 0.5) is 0 Å². The van der Waals surface area contributed by atoms with Crippen molar-refractivity contribution >= 4 is 5.78 Å². The fourth-order valence-electron chi connectivity index (χ4n) is 3.20. The molecule has 1 heteroatoms. The molecule has 2 aliphatic carbocycles. The van der Waals surface area contributed by atoms with Crippen molar-refractivity contribution in [2.75, 3.05) is 0 Å². The Hall–Kier alpha value is -1.11. The van der Waals surface area contributed by atoms with E-state index in [0.29, 0.717) is 5.78 Å². The lowest BCUT2D eigenvalue weighted by molar-refractivity contribution is -0.116. The van der Waals surface area contributed by atoms with Gasteiger partial charge in [0, 0.05) is 6.42 Å². The van der Waals surface area contributed by atoms with Crippen LogP contribution in [0.25, 0.3) is 0 Å². The number of carbonyl (C=O) groups is 1. The lowest BCUT2D eigenvalue weighted by atomic mass is 9.81. The van der Waals surface area contributed by atoms with Crippen molar-refractivity contribution in [2.24, 2.45) is 0 Å². The van der Waals surface area contributed by atoms with E-state index in [1.165, 1.54) is 41.6 Å². The molecule has 2 aliphatic rings. The van der Waals surface area contributed by atoms with Crippen LogP contribution in [0, 0.1) is 0 Å². The third-order valence-electron chi connectivity index (χ3n) is 4.46. The molecule has 0 N–H and O–H groups in total. The van der Waals surface area contributed by atoms with E-state index in [1.54, 1.807) is 5.57 Å². The van der Waals surface area contributed by atoms with Gasteiger partial charge in [0.15, 0.2) is 5.78 Å². The Balaban J connectivity index is 2.50. The summed E-state index contributed by atoms with van der Waals surface area (Å²) in [5.74, 6) is 0.358. The molecule has 0 aromatic rings. The first kappa shape index (κ1) is 14.3. The minimum Gasteiger partial charge on any atom is -0.295 e. The van der Waals surface area contributed by atoms with Crippen LogP contribution >= 0.6 is 0 Å². The number of ketones is 1. The first-order valence-electron chi connectivity index (χ1n) is 7.68. The van der Waals surface area contributed by atoms with E-state index in [4.69, 9.17) is 0 Å². The molecule has 19 heavy (non-hydrogen) atoms. The largest absolute Gasteiger partial charge is 0.295 e. The van der Waals surface area contributed by atoms with Crippen LogP contribution < -0.4 is 0 Å². The number of hydrogen-bond donors (Lipinski definition) is 0. The molecular formula is C18H26O. The van der Waals surface area contributed by atoms with E-state index < -0.39 is 0 Å². The van der Waals surface area contributed by atoms with E-state index in [2.05, 4.69) is 20.8 Å². The second-order valence-corrected chi connectivity index (χ2v) is 6.01. The normalized spacial score (nSPS) is 20.6. The molecule has 0 aromatic carbocycles. The van der Waals surface area contributed by atoms with Gasteiger partial charge in [-0.2, -0.15) is 0 Å². The number of Topliss-reactive ketones (excluding diaryl/α,β-unsaturated/α-hetero) is 1. The maximum atomic E-state index is 12.0. The third-order valence-corrected chi connectivity index (χ3v) is 4.46. The summed E-state index contributed by atoms with van der Waals surface area (Å²) in [6.45, 7) is 8.77. The predicted molar refractivity (Wildman–Crippen MR) is 81.1 cm³/mol. The van der Waals surface area contributed by atoms with Crippen LogP contribution in [-0.2, 0) is 4.79 Å². The lowest BCUT2D eigenvalue weighted by Gasteiger charge is -2.23. The molecule has 0 unspecified atom stereocenters. The van der Waals surface area contributed by atoms with Crippen molar-refractivity contribution in [3.63, 3.8) is 0 Å². The topological polar surface area (TPSA) is 17.1 Å². The Morgan fingerprint density at radius 3 is 2.37 bits per heavy atom. The maximum Gasteiger partial charge on any atom is 0.158 e. The number of rotatable bonds is 4. The number of carbonyl (C=O) groups excluding carboxylic acids is 1. The van der Waals surface area contributed by atoms with Gasteiger partial charge in [0.05, 0.1) is 0 Å². The molecular weight excluding hydrogens is 232 g/mol. The average Bonchev–Trinajstić information content (AvgIpc) is 3.19. The lowest BCUT2D eigenvalue weighted by Crippen LogP contribution is -2.12. The fraction of sp³-hybridized carbons (Fsp3) is 0.611. The van der Waals surface area contributed by atoms with Gasteiger partial charge in [-0.15, -0.1) is 0 Å². The monoisotopic (exact) mass is 258 g/mol. The van der Waals surface area contributed by atoms with Gasteiger partial charge in [-0.05, 0) is 75.2 Å². The molecule has 0 spiro atoms. The molecule has 0 aromatic heterocycles. The fourth-order valence-corrected chi connectivity index (χ4v) is 3.20. The van der Waals surface area contributed by atoms with Crippen molar-refractivity contribution in [3.8, 4) is 0 Å². The summed E-state index contributed by atoms with van der Waals surface area (Å²) < 4.78 is 0. The van der Waals surface area contributed by atoms with Crippen LogP contribution in [-0.4, -0.2) is 5.78 Å². The maximum absolute atomic E-state index is 12.0. The zero-order valence-electron chi connectivity index (χ0n) is 12.9. The zero-order chi connectivity index (χ0) is 14.0. The quantitative estimate of drug-likeness (QED) is 0.670. The van der Waals surface area contributed by atoms with E-state index in [0.717, 1.165) is 31.3 Å². The Labute approximate surface area is 117 Å². The molecule has 0 bridgehead atoms. The summed E-state index contributed by atoms with van der Waals surface area (Å²) in [7, 11) is 0. The summed E-state index contributed by atoms with van der Waals surface area (Å²) in [5.41, 5.74) is 8.35. The second-order valence-electron chi connectivity index (χ2n) is 6.01. The smallest absolute Gasteiger partial charge is 0.158 e. The van der Waals surface area contributed by atoms with E-state index in [1.807, 2.05) is 6.92 Å². The summed E-state index contributed by atoms with van der Waals surface area (Å²) in [6.07, 6.45) is 7.69. The third kappa shape index (κ3) is 3.08. The average molecular weight is 258 g/mol. The van der Waals surface area contributed by atoms with Crippen molar-refractivity contribution in [3.05, 3.63) is 33.4 Å². The molecule has 2 rings (SSSR count). The van der Waals surface area contributed by atoms with Crippen LogP contribution in [0.3, 0.4) is 0 Å². The summed E-state index contributed by atoms with van der Waals surface area (Å²) in [5, 5.41) is 0. The molecule has 0 saturated heterocycles. The van der Waals surface area contributed by atoms with Gasteiger partial charge in [-0.25, -0.2) is 0 Å². The second kappa shape index (κ2) is 5.90. The van der Waals surface area contributed by atoms with Crippen molar-refractivity contribution in [2.45, 2.75) is 72.6 Å². The van der Waals surface area contributed by atoms with Gasteiger partial charge in [0.25, 0.3) is 0 Å². The minimum absolute atomic E-state index is 0.358. The van der Waals surface area contributed by atoms with Crippen molar-refractivity contribution in [1.82, 2.24) is 0 Å². The Morgan fingerprint density at radius 2 is 1.79 bits per heavy atom. The van der Waals surface area contributed by atoms with Crippen molar-refractivity contribution in [1.29, 1.82) is 0 Å². The van der Waals surface area contributed by atoms with Gasteiger partial charge in [0.2, 0.25) is 0 Å². The number of allylic oxidation sites excluding steroid dienone is 6. The molecule has 0 amide bonds. The predicted octanol–water partition coefficient (Wildman–Crippen LogP) is 5.28.